The smallest absolute Gasteiger partial charge is 0.336 e. The van der Waals surface area contributed by atoms with E-state index in [0.29, 0.717) is 35.2 Å². The summed E-state index contributed by atoms with van der Waals surface area (Å²) in [4.78, 5) is 40.4. The Morgan fingerprint density at radius 1 is 1.17 bits per heavy atom. The van der Waals surface area contributed by atoms with E-state index in [9.17, 15) is 23.2 Å². The van der Waals surface area contributed by atoms with Gasteiger partial charge in [0, 0.05) is 19.2 Å². The number of carbonyl (C=O) groups excluding carboxylic acids is 1. The molecule has 4 rings (SSSR count). The molecule has 1 fully saturated rings. The summed E-state index contributed by atoms with van der Waals surface area (Å²) >= 11 is 1.10. The van der Waals surface area contributed by atoms with Crippen LogP contribution in [-0.2, 0) is 11.3 Å². The van der Waals surface area contributed by atoms with Gasteiger partial charge in [0.15, 0.2) is 0 Å². The molecule has 0 atom stereocenters. The second-order valence-electron chi connectivity index (χ2n) is 7.30. The summed E-state index contributed by atoms with van der Waals surface area (Å²) in [7, 11) is 0. The fraction of sp³-hybridized carbons (Fsp3) is 0.350. The lowest BCUT2D eigenvalue weighted by Gasteiger charge is -2.30. The van der Waals surface area contributed by atoms with Gasteiger partial charge in [-0.15, -0.1) is 11.3 Å². The zero-order valence-electron chi connectivity index (χ0n) is 15.7. The quantitative estimate of drug-likeness (QED) is 0.656. The minimum atomic E-state index is -1.02. The number of aromatic nitrogens is 2. The van der Waals surface area contributed by atoms with E-state index in [1.807, 2.05) is 0 Å². The molecule has 1 aliphatic heterocycles. The zero-order valence-corrected chi connectivity index (χ0v) is 16.5. The molecule has 0 aliphatic carbocycles. The average molecular weight is 419 g/mol. The van der Waals surface area contributed by atoms with Crippen molar-refractivity contribution < 1.29 is 13.6 Å². The third-order valence-corrected chi connectivity index (χ3v) is 6.23. The van der Waals surface area contributed by atoms with E-state index in [0.717, 1.165) is 36.3 Å². The highest BCUT2D eigenvalue weighted by molar-refractivity contribution is 7.17. The van der Waals surface area contributed by atoms with Gasteiger partial charge < -0.3 is 4.90 Å². The van der Waals surface area contributed by atoms with Crippen molar-refractivity contribution >= 4 is 27.5 Å². The largest absolute Gasteiger partial charge is 0.341 e. The SMILES string of the molecule is CC1CCN(C(=O)Cn2c(=O)n(-c3ccc(F)cc3F)c(=O)c3sccc32)CC1. The lowest BCUT2D eigenvalue weighted by Crippen LogP contribution is -2.44. The fourth-order valence-electron chi connectivity index (χ4n) is 3.61. The van der Waals surface area contributed by atoms with Gasteiger partial charge in [0.2, 0.25) is 5.91 Å². The van der Waals surface area contributed by atoms with Crippen molar-refractivity contribution in [3.63, 3.8) is 0 Å². The van der Waals surface area contributed by atoms with Crippen molar-refractivity contribution in [1.82, 2.24) is 14.0 Å². The first-order valence-electron chi connectivity index (χ1n) is 9.33. The third-order valence-electron chi connectivity index (χ3n) is 5.34. The van der Waals surface area contributed by atoms with Crippen molar-refractivity contribution in [1.29, 1.82) is 0 Å². The Bertz CT molecular complexity index is 1210. The standard InChI is InChI=1S/C20H19F2N3O3S/c1-12-4-7-23(8-5-12)17(26)11-24-16-6-9-29-18(16)19(27)25(20(24)28)15-3-2-13(21)10-14(15)22/h2-3,6,9-10,12H,4-5,7-8,11H2,1H3. The van der Waals surface area contributed by atoms with Gasteiger partial charge in [0.25, 0.3) is 5.56 Å². The Morgan fingerprint density at radius 2 is 1.90 bits per heavy atom. The fourth-order valence-corrected chi connectivity index (χ4v) is 4.43. The molecule has 0 spiro atoms. The highest BCUT2D eigenvalue weighted by Crippen LogP contribution is 2.20. The number of likely N-dealkylation sites (tertiary alicyclic amines) is 1. The maximum Gasteiger partial charge on any atom is 0.336 e. The molecule has 152 valence electrons. The van der Waals surface area contributed by atoms with Crippen LogP contribution in [0.5, 0.6) is 0 Å². The van der Waals surface area contributed by atoms with Crippen molar-refractivity contribution in [3.8, 4) is 5.69 Å². The first kappa shape index (κ1) is 19.5. The molecule has 6 nitrogen and oxygen atoms in total. The Morgan fingerprint density at radius 3 is 2.59 bits per heavy atom. The molecule has 3 heterocycles. The second-order valence-corrected chi connectivity index (χ2v) is 8.22. The summed E-state index contributed by atoms with van der Waals surface area (Å²) in [6, 6.07) is 4.24. The van der Waals surface area contributed by atoms with Crippen LogP contribution >= 0.6 is 11.3 Å². The number of fused-ring (bicyclic) bond motifs is 1. The number of nitrogens with zero attached hydrogens (tertiary/aromatic N) is 3. The number of halogens is 2. The van der Waals surface area contributed by atoms with Gasteiger partial charge in [-0.25, -0.2) is 18.1 Å². The van der Waals surface area contributed by atoms with Crippen molar-refractivity contribution in [2.24, 2.45) is 5.92 Å². The van der Waals surface area contributed by atoms with Crippen molar-refractivity contribution in [3.05, 3.63) is 62.1 Å². The van der Waals surface area contributed by atoms with Crippen molar-refractivity contribution in [2.75, 3.05) is 13.1 Å². The van der Waals surface area contributed by atoms with E-state index in [-0.39, 0.29) is 22.8 Å². The molecule has 0 saturated carbocycles. The molecular weight excluding hydrogens is 400 g/mol. The van der Waals surface area contributed by atoms with Crippen LogP contribution in [0.4, 0.5) is 8.78 Å². The van der Waals surface area contributed by atoms with Gasteiger partial charge >= 0.3 is 5.69 Å². The second kappa shape index (κ2) is 7.55. The number of piperidine rings is 1. The van der Waals surface area contributed by atoms with E-state index >= 15 is 0 Å². The number of hydrogen-bond acceptors (Lipinski definition) is 4. The summed E-state index contributed by atoms with van der Waals surface area (Å²) in [5, 5.41) is 1.64. The third kappa shape index (κ3) is 3.50. The topological polar surface area (TPSA) is 64.3 Å². The van der Waals surface area contributed by atoms with Gasteiger partial charge in [0.05, 0.1) is 11.2 Å². The molecule has 2 aromatic heterocycles. The molecular formula is C20H19F2N3O3S. The molecule has 3 aromatic rings. The normalized spacial score (nSPS) is 15.2. The number of carbonyl (C=O) groups is 1. The van der Waals surface area contributed by atoms with Gasteiger partial charge in [-0.1, -0.05) is 6.92 Å². The van der Waals surface area contributed by atoms with E-state index in [1.165, 1.54) is 4.57 Å². The highest BCUT2D eigenvalue weighted by atomic mass is 32.1. The summed E-state index contributed by atoms with van der Waals surface area (Å²) in [5.41, 5.74) is -1.53. The summed E-state index contributed by atoms with van der Waals surface area (Å²) < 4.78 is 29.7. The Labute approximate surface area is 168 Å². The van der Waals surface area contributed by atoms with E-state index in [4.69, 9.17) is 0 Å². The maximum atomic E-state index is 14.3. The molecule has 29 heavy (non-hydrogen) atoms. The van der Waals surface area contributed by atoms with Gasteiger partial charge in [0.1, 0.15) is 22.9 Å². The lowest BCUT2D eigenvalue weighted by molar-refractivity contribution is -0.133. The first-order valence-corrected chi connectivity index (χ1v) is 10.2. The molecule has 0 radical (unpaired) electrons. The van der Waals surface area contributed by atoms with Crippen LogP contribution in [0.25, 0.3) is 15.9 Å². The number of benzene rings is 1. The van der Waals surface area contributed by atoms with E-state index in [2.05, 4.69) is 6.92 Å². The van der Waals surface area contributed by atoms with Crippen molar-refractivity contribution in [2.45, 2.75) is 26.3 Å². The van der Waals surface area contributed by atoms with Gasteiger partial charge in [-0.3, -0.25) is 14.2 Å². The Kier molecular flexibility index (Phi) is 5.08. The zero-order chi connectivity index (χ0) is 20.7. The predicted octanol–water partition coefficient (Wildman–Crippen LogP) is 2.75. The number of rotatable bonds is 3. The summed E-state index contributed by atoms with van der Waals surface area (Å²) in [6.45, 7) is 3.12. The number of thiophene rings is 1. The van der Waals surface area contributed by atoms with Crippen LogP contribution in [0, 0.1) is 17.6 Å². The molecule has 0 unspecified atom stereocenters. The summed E-state index contributed by atoms with van der Waals surface area (Å²) in [6.07, 6.45) is 1.80. The maximum absolute atomic E-state index is 14.3. The number of hydrogen-bond donors (Lipinski definition) is 0. The minimum absolute atomic E-state index is 0.226. The molecule has 1 aliphatic rings. The van der Waals surface area contributed by atoms with Gasteiger partial charge in [-0.05, 0) is 42.3 Å². The van der Waals surface area contributed by atoms with Crippen LogP contribution in [0.1, 0.15) is 19.8 Å². The summed E-state index contributed by atoms with van der Waals surface area (Å²) in [5.74, 6) is -1.51. The van der Waals surface area contributed by atoms with Crippen LogP contribution in [0.3, 0.4) is 0 Å². The lowest BCUT2D eigenvalue weighted by atomic mass is 9.99. The predicted molar refractivity (Wildman–Crippen MR) is 107 cm³/mol. The molecule has 9 heteroatoms. The highest BCUT2D eigenvalue weighted by Gasteiger charge is 2.24. The van der Waals surface area contributed by atoms with Crippen LogP contribution in [0.15, 0.2) is 39.2 Å². The monoisotopic (exact) mass is 419 g/mol. The van der Waals surface area contributed by atoms with Crippen LogP contribution in [0.2, 0.25) is 0 Å². The average Bonchev–Trinajstić information content (AvgIpc) is 3.17. The van der Waals surface area contributed by atoms with E-state index in [1.54, 1.807) is 16.3 Å². The minimum Gasteiger partial charge on any atom is -0.341 e. The first-order chi connectivity index (χ1) is 13.9. The molecule has 1 amide bonds. The molecule has 0 bridgehead atoms. The molecule has 0 N–H and O–H groups in total. The van der Waals surface area contributed by atoms with E-state index < -0.39 is 22.9 Å². The van der Waals surface area contributed by atoms with Crippen LogP contribution in [-0.4, -0.2) is 33.0 Å². The number of amides is 1. The Hall–Kier alpha value is -2.81. The molecule has 1 saturated heterocycles. The molecule has 1 aromatic carbocycles. The van der Waals surface area contributed by atoms with Gasteiger partial charge in [-0.2, -0.15) is 0 Å². The van der Waals surface area contributed by atoms with Crippen LogP contribution < -0.4 is 11.2 Å². The Balaban J connectivity index is 1.82.